The Hall–Kier alpha value is -1.25. The summed E-state index contributed by atoms with van der Waals surface area (Å²) in [6, 6.07) is 1.90. The van der Waals surface area contributed by atoms with E-state index in [0.29, 0.717) is 11.6 Å². The van der Waals surface area contributed by atoms with Crippen LogP contribution in [0.2, 0.25) is 0 Å². The van der Waals surface area contributed by atoms with Crippen molar-refractivity contribution in [3.8, 4) is 0 Å². The smallest absolute Gasteiger partial charge is 0.126 e. The SMILES string of the molecule is CC(C)(C)C1CCCc2cc(N=O)cnc21. The summed E-state index contributed by atoms with van der Waals surface area (Å²) < 4.78 is 0. The number of nitrogens with zero attached hydrogens (tertiary/aromatic N) is 2. The monoisotopic (exact) mass is 218 g/mol. The van der Waals surface area contributed by atoms with Gasteiger partial charge in [0.05, 0.1) is 6.20 Å². The number of nitroso groups, excluding NO2 is 1. The Labute approximate surface area is 96.3 Å². The molecule has 0 amide bonds. The van der Waals surface area contributed by atoms with Crippen LogP contribution in [-0.4, -0.2) is 4.98 Å². The van der Waals surface area contributed by atoms with Gasteiger partial charge in [-0.05, 0) is 41.5 Å². The van der Waals surface area contributed by atoms with E-state index in [1.54, 1.807) is 6.20 Å². The fraction of sp³-hybridized carbons (Fsp3) is 0.615. The van der Waals surface area contributed by atoms with Crippen molar-refractivity contribution < 1.29 is 0 Å². The number of pyridine rings is 1. The summed E-state index contributed by atoms with van der Waals surface area (Å²) in [4.78, 5) is 14.9. The van der Waals surface area contributed by atoms with Crippen LogP contribution >= 0.6 is 0 Å². The lowest BCUT2D eigenvalue weighted by atomic mass is 9.71. The fourth-order valence-electron chi connectivity index (χ4n) is 2.55. The summed E-state index contributed by atoms with van der Waals surface area (Å²) in [5.74, 6) is 0.497. The minimum absolute atomic E-state index is 0.234. The van der Waals surface area contributed by atoms with Crippen molar-refractivity contribution in [3.05, 3.63) is 28.4 Å². The zero-order valence-electron chi connectivity index (χ0n) is 10.2. The van der Waals surface area contributed by atoms with Crippen LogP contribution in [0.25, 0.3) is 0 Å². The van der Waals surface area contributed by atoms with E-state index in [-0.39, 0.29) is 5.41 Å². The first-order valence-corrected chi connectivity index (χ1v) is 5.84. The third-order valence-corrected chi connectivity index (χ3v) is 3.41. The average molecular weight is 218 g/mol. The molecule has 0 fully saturated rings. The van der Waals surface area contributed by atoms with Crippen LogP contribution in [0, 0.1) is 10.3 Å². The molecule has 2 rings (SSSR count). The summed E-state index contributed by atoms with van der Waals surface area (Å²) in [6.07, 6.45) is 4.99. The molecule has 0 N–H and O–H groups in total. The van der Waals surface area contributed by atoms with Crippen LogP contribution < -0.4 is 0 Å². The van der Waals surface area contributed by atoms with Crippen LogP contribution in [-0.2, 0) is 6.42 Å². The Morgan fingerprint density at radius 2 is 2.19 bits per heavy atom. The zero-order valence-corrected chi connectivity index (χ0v) is 10.2. The van der Waals surface area contributed by atoms with E-state index in [9.17, 15) is 4.91 Å². The van der Waals surface area contributed by atoms with Gasteiger partial charge in [-0.3, -0.25) is 4.98 Å². The highest BCUT2D eigenvalue weighted by Crippen LogP contribution is 2.42. The highest BCUT2D eigenvalue weighted by molar-refractivity contribution is 5.41. The molecule has 0 saturated heterocycles. The summed E-state index contributed by atoms with van der Waals surface area (Å²) >= 11 is 0. The van der Waals surface area contributed by atoms with Gasteiger partial charge in [-0.15, -0.1) is 4.91 Å². The second-order valence-corrected chi connectivity index (χ2v) is 5.64. The van der Waals surface area contributed by atoms with E-state index >= 15 is 0 Å². The molecular formula is C13H18N2O. The van der Waals surface area contributed by atoms with Crippen molar-refractivity contribution in [2.45, 2.75) is 46.0 Å². The highest BCUT2D eigenvalue weighted by Gasteiger charge is 2.31. The zero-order chi connectivity index (χ0) is 11.8. The standard InChI is InChI=1S/C13H18N2O/c1-13(2,3)11-6-4-5-9-7-10(15-16)8-14-12(9)11/h7-8,11H,4-6H2,1-3H3. The van der Waals surface area contributed by atoms with Crippen LogP contribution in [0.4, 0.5) is 5.69 Å². The van der Waals surface area contributed by atoms with Crippen molar-refractivity contribution in [1.29, 1.82) is 0 Å². The Kier molecular flexibility index (Phi) is 2.78. The molecule has 0 saturated carbocycles. The lowest BCUT2D eigenvalue weighted by Gasteiger charge is -2.34. The van der Waals surface area contributed by atoms with Gasteiger partial charge in [-0.2, -0.15) is 0 Å². The van der Waals surface area contributed by atoms with Gasteiger partial charge in [0.1, 0.15) is 5.69 Å². The van der Waals surface area contributed by atoms with Crippen molar-refractivity contribution >= 4 is 5.69 Å². The Morgan fingerprint density at radius 1 is 1.44 bits per heavy atom. The second kappa shape index (κ2) is 3.96. The highest BCUT2D eigenvalue weighted by atomic mass is 16.3. The Morgan fingerprint density at radius 3 is 2.81 bits per heavy atom. The first-order valence-electron chi connectivity index (χ1n) is 5.84. The van der Waals surface area contributed by atoms with Gasteiger partial charge >= 0.3 is 0 Å². The van der Waals surface area contributed by atoms with E-state index in [1.165, 1.54) is 24.1 Å². The number of fused-ring (bicyclic) bond motifs is 1. The van der Waals surface area contributed by atoms with Crippen molar-refractivity contribution in [2.24, 2.45) is 10.6 Å². The predicted octanol–water partition coefficient (Wildman–Crippen LogP) is 3.95. The lowest BCUT2D eigenvalue weighted by molar-refractivity contribution is 0.283. The Balaban J connectivity index is 2.44. The molecule has 0 aromatic carbocycles. The molecule has 0 bridgehead atoms. The fourth-order valence-corrected chi connectivity index (χ4v) is 2.55. The lowest BCUT2D eigenvalue weighted by Crippen LogP contribution is -2.24. The van der Waals surface area contributed by atoms with Crippen LogP contribution in [0.3, 0.4) is 0 Å². The summed E-state index contributed by atoms with van der Waals surface area (Å²) in [5.41, 5.74) is 3.07. The van der Waals surface area contributed by atoms with Crippen molar-refractivity contribution in [2.75, 3.05) is 0 Å². The van der Waals surface area contributed by atoms with Gasteiger partial charge in [0.25, 0.3) is 0 Å². The van der Waals surface area contributed by atoms with Crippen LogP contribution in [0.5, 0.6) is 0 Å². The number of hydrogen-bond donors (Lipinski definition) is 0. The first kappa shape index (κ1) is 11.2. The Bertz CT molecular complexity index is 407. The minimum atomic E-state index is 0.234. The van der Waals surface area contributed by atoms with E-state index < -0.39 is 0 Å². The summed E-state index contributed by atoms with van der Waals surface area (Å²) in [5, 5.41) is 2.95. The molecule has 0 aliphatic heterocycles. The largest absolute Gasteiger partial charge is 0.258 e. The van der Waals surface area contributed by atoms with E-state index in [4.69, 9.17) is 0 Å². The maximum Gasteiger partial charge on any atom is 0.126 e. The molecule has 1 aromatic rings. The molecule has 1 aliphatic rings. The molecule has 1 aromatic heterocycles. The molecule has 3 nitrogen and oxygen atoms in total. The molecule has 0 spiro atoms. The summed E-state index contributed by atoms with van der Waals surface area (Å²) in [7, 11) is 0. The average Bonchev–Trinajstić information content (AvgIpc) is 2.26. The maximum atomic E-state index is 10.5. The second-order valence-electron chi connectivity index (χ2n) is 5.64. The quantitative estimate of drug-likeness (QED) is 0.670. The molecule has 16 heavy (non-hydrogen) atoms. The number of aromatic nitrogens is 1. The number of aryl methyl sites for hydroxylation is 1. The number of hydrogen-bond acceptors (Lipinski definition) is 3. The summed E-state index contributed by atoms with van der Waals surface area (Å²) in [6.45, 7) is 6.75. The van der Waals surface area contributed by atoms with E-state index in [1.807, 2.05) is 6.07 Å². The third-order valence-electron chi connectivity index (χ3n) is 3.41. The van der Waals surface area contributed by atoms with Gasteiger partial charge in [-0.25, -0.2) is 0 Å². The van der Waals surface area contributed by atoms with Crippen molar-refractivity contribution in [1.82, 2.24) is 4.98 Å². The molecule has 0 radical (unpaired) electrons. The predicted molar refractivity (Wildman–Crippen MR) is 64.8 cm³/mol. The van der Waals surface area contributed by atoms with Crippen LogP contribution in [0.1, 0.15) is 50.8 Å². The molecule has 3 heteroatoms. The minimum Gasteiger partial charge on any atom is -0.258 e. The van der Waals surface area contributed by atoms with Crippen molar-refractivity contribution in [3.63, 3.8) is 0 Å². The van der Waals surface area contributed by atoms with Crippen LogP contribution in [0.15, 0.2) is 17.4 Å². The van der Waals surface area contributed by atoms with Gasteiger partial charge in [0.15, 0.2) is 0 Å². The molecule has 1 aliphatic carbocycles. The number of rotatable bonds is 1. The maximum absolute atomic E-state index is 10.5. The normalized spacial score (nSPS) is 20.3. The van der Waals surface area contributed by atoms with E-state index in [2.05, 4.69) is 30.9 Å². The van der Waals surface area contributed by atoms with Gasteiger partial charge in [0.2, 0.25) is 0 Å². The molecule has 1 heterocycles. The third kappa shape index (κ3) is 1.99. The molecule has 1 atom stereocenters. The van der Waals surface area contributed by atoms with E-state index in [0.717, 1.165) is 6.42 Å². The van der Waals surface area contributed by atoms with Gasteiger partial charge in [0, 0.05) is 11.6 Å². The van der Waals surface area contributed by atoms with Gasteiger partial charge in [-0.1, -0.05) is 20.8 Å². The molecule has 86 valence electrons. The van der Waals surface area contributed by atoms with Gasteiger partial charge < -0.3 is 0 Å². The molecular weight excluding hydrogens is 200 g/mol. The topological polar surface area (TPSA) is 42.3 Å². The molecule has 1 unspecified atom stereocenters. The first-order chi connectivity index (χ1) is 7.52.